The van der Waals surface area contributed by atoms with Crippen molar-refractivity contribution in [2.24, 2.45) is 27.8 Å². The molecule has 4 aliphatic carbocycles. The third-order valence-electron chi connectivity index (χ3n) is 13.4. The van der Waals surface area contributed by atoms with Crippen molar-refractivity contribution in [3.8, 4) is 0 Å². The third kappa shape index (κ3) is 3.66. The van der Waals surface area contributed by atoms with Crippen molar-refractivity contribution in [3.05, 3.63) is 64.3 Å². The van der Waals surface area contributed by atoms with Crippen LogP contribution in [0.4, 0.5) is 5.69 Å². The van der Waals surface area contributed by atoms with Crippen LogP contribution in [0.3, 0.4) is 0 Å². The molecule has 1 aromatic heterocycles. The molecular formula is C35H43N5O11. The van der Waals surface area contributed by atoms with Gasteiger partial charge >= 0.3 is 11.9 Å². The maximum absolute atomic E-state index is 13.6. The minimum atomic E-state index is -2.77. The predicted octanol–water partition coefficient (Wildman–Crippen LogP) is 2.13. The Bertz CT molecular complexity index is 1850. The third-order valence-corrected chi connectivity index (χ3v) is 13.4. The molecule has 1 aromatic carbocycles. The number of esters is 2. The Morgan fingerprint density at radius 2 is 1.78 bits per heavy atom. The Hall–Kier alpha value is -4.02. The van der Waals surface area contributed by atoms with Crippen molar-refractivity contribution < 1.29 is 54.1 Å². The molecule has 2 aromatic rings. The van der Waals surface area contributed by atoms with Crippen LogP contribution in [0.2, 0.25) is 0 Å². The van der Waals surface area contributed by atoms with Gasteiger partial charge < -0.3 is 50.0 Å². The number of H-pyrrole nitrogens is 1. The first-order valence-corrected chi connectivity index (χ1v) is 17.1. The second-order valence-corrected chi connectivity index (χ2v) is 15.6. The van der Waals surface area contributed by atoms with Crippen LogP contribution in [0.15, 0.2) is 47.7 Å². The molecule has 51 heavy (non-hydrogen) atoms. The monoisotopic (exact) mass is 709 g/mol. The summed E-state index contributed by atoms with van der Waals surface area (Å²) in [6.07, 6.45) is -2.48. The number of nitrogens with one attached hydrogen (secondary N) is 2. The van der Waals surface area contributed by atoms with E-state index in [1.54, 1.807) is 26.8 Å². The summed E-state index contributed by atoms with van der Waals surface area (Å²) < 4.78 is 18.5. The van der Waals surface area contributed by atoms with Gasteiger partial charge in [-0.05, 0) is 61.4 Å². The van der Waals surface area contributed by atoms with E-state index in [9.17, 15) is 39.9 Å². The first-order valence-electron chi connectivity index (χ1n) is 17.1. The Labute approximate surface area is 292 Å². The van der Waals surface area contributed by atoms with E-state index in [-0.39, 0.29) is 37.1 Å². The Morgan fingerprint density at radius 1 is 1.10 bits per heavy atom. The van der Waals surface area contributed by atoms with E-state index in [4.69, 9.17) is 19.7 Å². The molecule has 0 radical (unpaired) electrons. The molecule has 2 saturated heterocycles. The first kappa shape index (κ1) is 35.4. The number of nitrogens with zero attached hydrogens (tertiary/aromatic N) is 3. The number of benzene rings is 1. The molecule has 16 nitrogen and oxygen atoms in total. The van der Waals surface area contributed by atoms with Gasteiger partial charge in [-0.3, -0.25) is 9.59 Å². The fourth-order valence-corrected chi connectivity index (χ4v) is 11.0. The van der Waals surface area contributed by atoms with Gasteiger partial charge in [0, 0.05) is 40.7 Å². The fraction of sp³-hybridized carbons (Fsp3) is 0.629. The minimum Gasteiger partial charge on any atom is -0.459 e. The fourth-order valence-electron chi connectivity index (χ4n) is 11.0. The van der Waals surface area contributed by atoms with Gasteiger partial charge in [-0.1, -0.05) is 44.9 Å². The van der Waals surface area contributed by atoms with Crippen LogP contribution in [-0.4, -0.2) is 101 Å². The van der Waals surface area contributed by atoms with Gasteiger partial charge in [-0.25, -0.2) is 4.79 Å². The average Bonchev–Trinajstić information content (AvgIpc) is 3.71. The molecule has 3 heterocycles. The van der Waals surface area contributed by atoms with Crippen molar-refractivity contribution in [2.75, 3.05) is 6.54 Å². The van der Waals surface area contributed by atoms with Gasteiger partial charge in [-0.15, -0.1) is 0 Å². The maximum Gasteiger partial charge on any atom is 0.355 e. The zero-order chi connectivity index (χ0) is 37.2. The molecule has 1 amide bonds. The van der Waals surface area contributed by atoms with E-state index in [1.165, 1.54) is 50.4 Å². The molecule has 6 bridgehead atoms. The maximum atomic E-state index is 13.6. The summed E-state index contributed by atoms with van der Waals surface area (Å²) in [5, 5.41) is 71.1. The number of hydrogen-bond acceptors (Lipinski definition) is 12. The zero-order valence-corrected chi connectivity index (χ0v) is 28.9. The van der Waals surface area contributed by atoms with Crippen LogP contribution >= 0.6 is 0 Å². The van der Waals surface area contributed by atoms with Crippen molar-refractivity contribution in [2.45, 2.75) is 106 Å². The van der Waals surface area contributed by atoms with E-state index >= 15 is 0 Å². The highest BCUT2D eigenvalue weighted by Crippen LogP contribution is 2.90. The summed E-state index contributed by atoms with van der Waals surface area (Å²) in [5.41, 5.74) is -7.28. The summed E-state index contributed by atoms with van der Waals surface area (Å²) in [6.45, 7) is 7.58. The largest absolute Gasteiger partial charge is 0.459 e. The molecule has 274 valence electrons. The number of aromatic amines is 1. The summed E-state index contributed by atoms with van der Waals surface area (Å²) in [6, 6.07) is 8.84. The van der Waals surface area contributed by atoms with E-state index in [2.05, 4.69) is 20.3 Å². The van der Waals surface area contributed by atoms with Crippen LogP contribution in [0.1, 0.15) is 81.1 Å². The number of rotatable bonds is 9. The first-order chi connectivity index (χ1) is 23.8. The molecule has 16 heteroatoms. The standard InChI is InChI=1S/C35H43N5O11/c1-18(2)32(46)27(50-26(43)22-7-6-15-37-22)33(47)28(4)17-31(45)29(32,5)35(33,48)34(51-31)24(19(3)12-14-30(28,34)44)49-23(41)13-16-38-25(42)20-8-10-21(11-9-20)39-40-36/h6-11,15,18-19,24,27,37,44-48H,12-14,16-17H2,1-5H3,(H,38,42). The molecule has 6 fully saturated rings. The molecule has 8 rings (SSSR count). The molecule has 6 aliphatic rings. The lowest BCUT2D eigenvalue weighted by Gasteiger charge is -2.61. The van der Waals surface area contributed by atoms with Gasteiger partial charge in [0.25, 0.3) is 5.91 Å². The van der Waals surface area contributed by atoms with Crippen LogP contribution in [0.25, 0.3) is 10.4 Å². The highest BCUT2D eigenvalue weighted by atomic mass is 16.7. The number of aromatic nitrogens is 1. The number of azide groups is 1. The SMILES string of the molecule is CC1CCC2(O)C3(C)CC4(O)OC2(C1OC(=O)CCNC(=O)c1ccc(N=[N+]=[N-])cc1)C1(O)C3(O)C(OC(=O)c2ccc[nH]2)C(O)(C(C)C)C41C. The van der Waals surface area contributed by atoms with Gasteiger partial charge in [0.2, 0.25) is 0 Å². The van der Waals surface area contributed by atoms with Crippen molar-refractivity contribution in [1.29, 1.82) is 0 Å². The second kappa shape index (κ2) is 10.8. The summed E-state index contributed by atoms with van der Waals surface area (Å²) in [7, 11) is 0. The molecule has 4 saturated carbocycles. The van der Waals surface area contributed by atoms with E-state index < -0.39 is 92.9 Å². The molecule has 2 aliphatic heterocycles. The van der Waals surface area contributed by atoms with Crippen molar-refractivity contribution in [1.82, 2.24) is 10.3 Å². The van der Waals surface area contributed by atoms with Gasteiger partial charge in [0.1, 0.15) is 34.2 Å². The predicted molar refractivity (Wildman–Crippen MR) is 175 cm³/mol. The van der Waals surface area contributed by atoms with Gasteiger partial charge in [0.15, 0.2) is 17.5 Å². The van der Waals surface area contributed by atoms with Crippen LogP contribution in [0, 0.1) is 22.7 Å². The molecular weight excluding hydrogens is 666 g/mol. The minimum absolute atomic E-state index is 0.00732. The van der Waals surface area contributed by atoms with Crippen LogP contribution in [0.5, 0.6) is 0 Å². The van der Waals surface area contributed by atoms with Gasteiger partial charge in [0.05, 0.1) is 11.8 Å². The van der Waals surface area contributed by atoms with Crippen molar-refractivity contribution >= 4 is 23.5 Å². The molecule has 7 N–H and O–H groups in total. The van der Waals surface area contributed by atoms with Crippen LogP contribution < -0.4 is 5.32 Å². The van der Waals surface area contributed by atoms with E-state index in [1.807, 2.05) is 0 Å². The van der Waals surface area contributed by atoms with E-state index in [0.29, 0.717) is 5.69 Å². The topological polar surface area (TPSA) is 257 Å². The normalized spacial score (nSPS) is 44.2. The lowest BCUT2D eigenvalue weighted by molar-refractivity contribution is -0.390. The number of carbonyl (C=O) groups excluding carboxylic acids is 3. The summed E-state index contributed by atoms with van der Waals surface area (Å²) in [5.74, 6) is -6.17. The van der Waals surface area contributed by atoms with Crippen LogP contribution in [-0.2, 0) is 19.0 Å². The Morgan fingerprint density at radius 3 is 2.39 bits per heavy atom. The van der Waals surface area contributed by atoms with Crippen molar-refractivity contribution in [3.63, 3.8) is 0 Å². The lowest BCUT2D eigenvalue weighted by Crippen LogP contribution is -2.75. The number of hydrogen-bond donors (Lipinski definition) is 7. The Kier molecular flexibility index (Phi) is 7.47. The highest BCUT2D eigenvalue weighted by Gasteiger charge is 3.10. The average molecular weight is 710 g/mol. The highest BCUT2D eigenvalue weighted by molar-refractivity contribution is 5.94. The quantitative estimate of drug-likeness (QED) is 0.0859. The summed E-state index contributed by atoms with van der Waals surface area (Å²) in [4.78, 5) is 45.2. The van der Waals surface area contributed by atoms with Gasteiger partial charge in [-0.2, -0.15) is 0 Å². The lowest BCUT2D eigenvalue weighted by atomic mass is 9.52. The number of carbonyl (C=O) groups is 3. The zero-order valence-electron chi connectivity index (χ0n) is 28.9. The molecule has 1 spiro atoms. The summed E-state index contributed by atoms with van der Waals surface area (Å²) >= 11 is 0. The smallest absolute Gasteiger partial charge is 0.355 e. The Balaban J connectivity index is 1.25. The van der Waals surface area contributed by atoms with E-state index in [0.717, 1.165) is 0 Å². The molecule has 11 atom stereocenters. The molecule has 11 unspecified atom stereocenters. The number of ether oxygens (including phenoxy) is 3. The second-order valence-electron chi connectivity index (χ2n) is 15.6. The number of aliphatic hydroxyl groups is 5. The number of amides is 1.